The zero-order valence-corrected chi connectivity index (χ0v) is 11.5. The highest BCUT2D eigenvalue weighted by Gasteiger charge is 2.11. The molecule has 0 aromatic heterocycles. The van der Waals surface area contributed by atoms with Crippen LogP contribution in [0, 0.1) is 13.8 Å². The van der Waals surface area contributed by atoms with Crippen LogP contribution in [-0.4, -0.2) is 25.6 Å². The Morgan fingerprint density at radius 1 is 1.39 bits per heavy atom. The van der Waals surface area contributed by atoms with Crippen LogP contribution in [0.3, 0.4) is 0 Å². The Hall–Kier alpha value is -1.55. The third-order valence-electron chi connectivity index (χ3n) is 3.00. The number of hydrogen-bond acceptors (Lipinski definition) is 3. The lowest BCUT2D eigenvalue weighted by Gasteiger charge is -2.14. The molecule has 18 heavy (non-hydrogen) atoms. The molecule has 0 bridgehead atoms. The van der Waals surface area contributed by atoms with Gasteiger partial charge in [-0.05, 0) is 49.6 Å². The quantitative estimate of drug-likeness (QED) is 0.828. The van der Waals surface area contributed by atoms with Crippen molar-refractivity contribution < 1.29 is 9.53 Å². The molecule has 1 amide bonds. The van der Waals surface area contributed by atoms with E-state index in [1.165, 1.54) is 0 Å². The van der Waals surface area contributed by atoms with Crippen LogP contribution in [0.5, 0.6) is 5.75 Å². The number of benzene rings is 1. The zero-order valence-electron chi connectivity index (χ0n) is 11.5. The van der Waals surface area contributed by atoms with Gasteiger partial charge in [-0.1, -0.05) is 0 Å². The monoisotopic (exact) mass is 250 g/mol. The summed E-state index contributed by atoms with van der Waals surface area (Å²) in [5.41, 5.74) is 8.68. The van der Waals surface area contributed by atoms with Crippen molar-refractivity contribution in [1.29, 1.82) is 0 Å². The van der Waals surface area contributed by atoms with Crippen LogP contribution in [0.2, 0.25) is 0 Å². The Bertz CT molecular complexity index is 407. The molecule has 1 aromatic rings. The topological polar surface area (TPSA) is 64.3 Å². The number of carbonyl (C=O) groups is 1. The van der Waals surface area contributed by atoms with E-state index < -0.39 is 0 Å². The van der Waals surface area contributed by atoms with Crippen molar-refractivity contribution in [2.75, 3.05) is 13.7 Å². The fraction of sp³-hybridized carbons (Fsp3) is 0.500. The maximum Gasteiger partial charge on any atom is 0.224 e. The van der Waals surface area contributed by atoms with Crippen molar-refractivity contribution in [3.8, 4) is 5.75 Å². The molecule has 1 aromatic carbocycles. The van der Waals surface area contributed by atoms with E-state index in [0.29, 0.717) is 13.0 Å². The fourth-order valence-corrected chi connectivity index (χ4v) is 1.90. The van der Waals surface area contributed by atoms with Crippen molar-refractivity contribution in [2.45, 2.75) is 33.2 Å². The fourth-order valence-electron chi connectivity index (χ4n) is 1.90. The first kappa shape index (κ1) is 14.5. The number of methoxy groups -OCH3 is 1. The second-order valence-electron chi connectivity index (χ2n) is 4.62. The lowest BCUT2D eigenvalue weighted by molar-refractivity contribution is -0.121. The van der Waals surface area contributed by atoms with Crippen molar-refractivity contribution in [1.82, 2.24) is 5.32 Å². The van der Waals surface area contributed by atoms with Crippen LogP contribution in [0.25, 0.3) is 0 Å². The molecule has 0 aliphatic carbocycles. The third-order valence-corrected chi connectivity index (χ3v) is 3.00. The number of carbonyl (C=O) groups excluding carboxylic acids is 1. The minimum atomic E-state index is 0.00400. The van der Waals surface area contributed by atoms with Crippen molar-refractivity contribution in [2.24, 2.45) is 5.73 Å². The van der Waals surface area contributed by atoms with Gasteiger partial charge in [0.05, 0.1) is 13.5 Å². The largest absolute Gasteiger partial charge is 0.497 e. The maximum absolute atomic E-state index is 11.8. The van der Waals surface area contributed by atoms with E-state index >= 15 is 0 Å². The van der Waals surface area contributed by atoms with Gasteiger partial charge >= 0.3 is 0 Å². The normalized spacial score (nSPS) is 12.1. The smallest absolute Gasteiger partial charge is 0.224 e. The summed E-state index contributed by atoms with van der Waals surface area (Å²) in [4.78, 5) is 11.8. The van der Waals surface area contributed by atoms with E-state index in [4.69, 9.17) is 10.5 Å². The van der Waals surface area contributed by atoms with Gasteiger partial charge in [0.1, 0.15) is 5.75 Å². The molecule has 1 unspecified atom stereocenters. The van der Waals surface area contributed by atoms with Crippen LogP contribution >= 0.6 is 0 Å². The Kier molecular flexibility index (Phi) is 5.16. The molecule has 4 heteroatoms. The van der Waals surface area contributed by atoms with E-state index in [0.717, 1.165) is 22.4 Å². The second kappa shape index (κ2) is 6.40. The van der Waals surface area contributed by atoms with Crippen LogP contribution < -0.4 is 15.8 Å². The highest BCUT2D eigenvalue weighted by molar-refractivity contribution is 5.79. The lowest BCUT2D eigenvalue weighted by Crippen LogP contribution is -2.38. The van der Waals surface area contributed by atoms with Gasteiger partial charge in [-0.15, -0.1) is 0 Å². The Labute approximate surface area is 109 Å². The Balaban J connectivity index is 2.81. The van der Waals surface area contributed by atoms with Crippen LogP contribution in [0.15, 0.2) is 12.1 Å². The molecule has 0 saturated heterocycles. The minimum absolute atomic E-state index is 0.00400. The highest BCUT2D eigenvalue weighted by atomic mass is 16.5. The summed E-state index contributed by atoms with van der Waals surface area (Å²) in [6.45, 7) is 6.33. The number of rotatable bonds is 5. The summed E-state index contributed by atoms with van der Waals surface area (Å²) in [7, 11) is 1.64. The molecule has 0 spiro atoms. The molecular formula is C14H22N2O2. The number of aryl methyl sites for hydroxylation is 2. The number of ether oxygens (including phenoxy) is 1. The number of amides is 1. The minimum Gasteiger partial charge on any atom is -0.497 e. The van der Waals surface area contributed by atoms with Gasteiger partial charge in [0.2, 0.25) is 5.91 Å². The summed E-state index contributed by atoms with van der Waals surface area (Å²) in [5.74, 6) is 0.828. The first-order valence-electron chi connectivity index (χ1n) is 6.11. The van der Waals surface area contributed by atoms with Gasteiger partial charge in [0.25, 0.3) is 0 Å². The molecule has 1 rings (SSSR count). The van der Waals surface area contributed by atoms with E-state index in [1.54, 1.807) is 7.11 Å². The highest BCUT2D eigenvalue weighted by Crippen LogP contribution is 2.22. The van der Waals surface area contributed by atoms with Gasteiger partial charge in [-0.25, -0.2) is 0 Å². The molecule has 3 N–H and O–H groups in total. The van der Waals surface area contributed by atoms with Crippen LogP contribution in [-0.2, 0) is 11.2 Å². The molecule has 100 valence electrons. The molecule has 4 nitrogen and oxygen atoms in total. The third kappa shape index (κ3) is 3.74. The first-order valence-corrected chi connectivity index (χ1v) is 6.11. The van der Waals surface area contributed by atoms with Gasteiger partial charge in [-0.2, -0.15) is 0 Å². The van der Waals surface area contributed by atoms with Crippen molar-refractivity contribution in [3.05, 3.63) is 28.8 Å². The van der Waals surface area contributed by atoms with Crippen molar-refractivity contribution in [3.63, 3.8) is 0 Å². The van der Waals surface area contributed by atoms with E-state index in [9.17, 15) is 4.79 Å². The van der Waals surface area contributed by atoms with Gasteiger partial charge in [-0.3, -0.25) is 4.79 Å². The molecule has 0 saturated carbocycles. The summed E-state index contributed by atoms with van der Waals surface area (Å²) in [5, 5.41) is 2.87. The second-order valence-corrected chi connectivity index (χ2v) is 4.62. The molecule has 0 fully saturated rings. The SMILES string of the molecule is COc1cc(C)c(CC(=O)NC(C)CN)c(C)c1. The van der Waals surface area contributed by atoms with E-state index in [-0.39, 0.29) is 11.9 Å². The average Bonchev–Trinajstić information content (AvgIpc) is 2.33. The Morgan fingerprint density at radius 2 is 1.94 bits per heavy atom. The standard InChI is InChI=1S/C14H22N2O2/c1-9-5-12(18-4)6-10(2)13(9)7-14(17)16-11(3)8-15/h5-6,11H,7-8,15H2,1-4H3,(H,16,17). The number of nitrogens with two attached hydrogens (primary N) is 1. The lowest BCUT2D eigenvalue weighted by atomic mass is 9.99. The predicted molar refractivity (Wildman–Crippen MR) is 72.8 cm³/mol. The molecule has 0 radical (unpaired) electrons. The molecule has 0 aliphatic heterocycles. The molecule has 0 aliphatic rings. The van der Waals surface area contributed by atoms with Crippen LogP contribution in [0.1, 0.15) is 23.6 Å². The van der Waals surface area contributed by atoms with E-state index in [2.05, 4.69) is 5.32 Å². The first-order chi connectivity index (χ1) is 8.47. The molecular weight excluding hydrogens is 228 g/mol. The number of hydrogen-bond donors (Lipinski definition) is 2. The molecule has 1 atom stereocenters. The van der Waals surface area contributed by atoms with Gasteiger partial charge in [0.15, 0.2) is 0 Å². The maximum atomic E-state index is 11.8. The summed E-state index contributed by atoms with van der Waals surface area (Å²) < 4.78 is 5.20. The summed E-state index contributed by atoms with van der Waals surface area (Å²) in [6.07, 6.45) is 0.381. The van der Waals surface area contributed by atoms with Gasteiger partial charge in [0, 0.05) is 12.6 Å². The average molecular weight is 250 g/mol. The summed E-state index contributed by atoms with van der Waals surface area (Å²) >= 11 is 0. The predicted octanol–water partition coefficient (Wildman–Crippen LogP) is 1.32. The molecule has 0 heterocycles. The van der Waals surface area contributed by atoms with Crippen molar-refractivity contribution >= 4 is 5.91 Å². The van der Waals surface area contributed by atoms with E-state index in [1.807, 2.05) is 32.9 Å². The van der Waals surface area contributed by atoms with Crippen LogP contribution in [0.4, 0.5) is 0 Å². The summed E-state index contributed by atoms with van der Waals surface area (Å²) in [6, 6.07) is 3.90. The zero-order chi connectivity index (χ0) is 13.7. The Morgan fingerprint density at radius 3 is 2.39 bits per heavy atom. The van der Waals surface area contributed by atoms with Gasteiger partial charge < -0.3 is 15.8 Å². The number of nitrogens with one attached hydrogen (secondary N) is 1.